The first-order chi connectivity index (χ1) is 9.60. The fourth-order valence-corrected chi connectivity index (χ4v) is 3.57. The van der Waals surface area contributed by atoms with E-state index in [0.29, 0.717) is 0 Å². The van der Waals surface area contributed by atoms with Crippen molar-refractivity contribution < 1.29 is 9.84 Å². The van der Waals surface area contributed by atoms with Crippen LogP contribution < -0.4 is 0 Å². The van der Waals surface area contributed by atoms with Crippen molar-refractivity contribution in [3.63, 3.8) is 0 Å². The summed E-state index contributed by atoms with van der Waals surface area (Å²) in [6.07, 6.45) is 3.48. The van der Waals surface area contributed by atoms with Crippen LogP contribution in [-0.2, 0) is 11.2 Å². The lowest BCUT2D eigenvalue weighted by Crippen LogP contribution is -2.57. The average Bonchev–Trinajstić information content (AvgIpc) is 2.91. The molecule has 0 radical (unpaired) electrons. The molecule has 2 aliphatic rings. The number of aliphatic hydroxyl groups excluding tert-OH is 1. The molecule has 0 bridgehead atoms. The molecule has 2 heterocycles. The number of hydrogen-bond acceptors (Lipinski definition) is 4. The molecule has 0 spiro atoms. The maximum absolute atomic E-state index is 11.0. The van der Waals surface area contributed by atoms with Gasteiger partial charge in [0.15, 0.2) is 0 Å². The van der Waals surface area contributed by atoms with Crippen molar-refractivity contribution in [3.05, 3.63) is 29.6 Å². The molecule has 20 heavy (non-hydrogen) atoms. The molecule has 1 saturated heterocycles. The number of aryl methyl sites for hydroxylation is 1. The van der Waals surface area contributed by atoms with Crippen LogP contribution in [0.2, 0.25) is 0 Å². The van der Waals surface area contributed by atoms with Gasteiger partial charge in [0.25, 0.3) is 0 Å². The highest BCUT2D eigenvalue weighted by atomic mass is 16.5. The Hall–Kier alpha value is -0.970. The first-order valence-corrected chi connectivity index (χ1v) is 7.55. The molecule has 1 N–H and O–H groups in total. The van der Waals surface area contributed by atoms with Crippen molar-refractivity contribution in [2.24, 2.45) is 0 Å². The van der Waals surface area contributed by atoms with Gasteiger partial charge in [0.05, 0.1) is 19.3 Å². The van der Waals surface area contributed by atoms with Crippen LogP contribution in [0.4, 0.5) is 0 Å². The zero-order valence-electron chi connectivity index (χ0n) is 12.4. The Kier molecular flexibility index (Phi) is 3.80. The van der Waals surface area contributed by atoms with Crippen LogP contribution in [-0.4, -0.2) is 52.9 Å². The second kappa shape index (κ2) is 5.43. The van der Waals surface area contributed by atoms with Crippen LogP contribution in [0.15, 0.2) is 18.3 Å². The third-order valence-corrected chi connectivity index (χ3v) is 4.93. The summed E-state index contributed by atoms with van der Waals surface area (Å²) >= 11 is 0. The number of ether oxygens (including phenoxy) is 1. The molecule has 1 fully saturated rings. The molecule has 4 nitrogen and oxygen atoms in total. The van der Waals surface area contributed by atoms with Gasteiger partial charge in [-0.3, -0.25) is 9.88 Å². The van der Waals surface area contributed by atoms with Gasteiger partial charge in [-0.15, -0.1) is 0 Å². The van der Waals surface area contributed by atoms with Gasteiger partial charge in [-0.2, -0.15) is 0 Å². The summed E-state index contributed by atoms with van der Waals surface area (Å²) in [5, 5.41) is 11.0. The second-order valence-electron chi connectivity index (χ2n) is 6.39. The molecule has 1 aromatic heterocycles. The Labute approximate surface area is 120 Å². The van der Waals surface area contributed by atoms with E-state index < -0.39 is 6.10 Å². The lowest BCUT2D eigenvalue weighted by atomic mass is 9.83. The lowest BCUT2D eigenvalue weighted by Gasteiger charge is -2.45. The highest BCUT2D eigenvalue weighted by Crippen LogP contribution is 2.39. The van der Waals surface area contributed by atoms with Gasteiger partial charge in [0, 0.05) is 36.4 Å². The number of aromatic nitrogens is 1. The topological polar surface area (TPSA) is 45.6 Å². The van der Waals surface area contributed by atoms with Gasteiger partial charge in [-0.05, 0) is 38.3 Å². The van der Waals surface area contributed by atoms with Crippen molar-refractivity contribution in [2.45, 2.75) is 44.2 Å². The summed E-state index contributed by atoms with van der Waals surface area (Å²) < 4.78 is 5.42. The monoisotopic (exact) mass is 276 g/mol. The van der Waals surface area contributed by atoms with Crippen molar-refractivity contribution in [3.8, 4) is 0 Å². The summed E-state index contributed by atoms with van der Waals surface area (Å²) in [7, 11) is 0. The van der Waals surface area contributed by atoms with E-state index in [4.69, 9.17) is 4.74 Å². The van der Waals surface area contributed by atoms with Crippen LogP contribution in [0.1, 0.15) is 37.4 Å². The SMILES string of the molecule is CC(C)(C(O)C1CCc2cccnc21)N1CCOCC1. The average molecular weight is 276 g/mol. The Morgan fingerprint density at radius 3 is 2.90 bits per heavy atom. The number of nitrogens with zero attached hydrogens (tertiary/aromatic N) is 2. The molecule has 0 amide bonds. The lowest BCUT2D eigenvalue weighted by molar-refractivity contribution is -0.0699. The molecule has 1 aromatic rings. The normalized spacial score (nSPS) is 25.4. The molecule has 1 aliphatic carbocycles. The molecular formula is C16H24N2O2. The molecule has 2 atom stereocenters. The van der Waals surface area contributed by atoms with E-state index >= 15 is 0 Å². The standard InChI is InChI=1S/C16H24N2O2/c1-16(2,18-8-10-20-11-9-18)15(19)13-6-5-12-4-3-7-17-14(12)13/h3-4,7,13,15,19H,5-6,8-11H2,1-2H3. The van der Waals surface area contributed by atoms with Gasteiger partial charge in [0.1, 0.15) is 0 Å². The van der Waals surface area contributed by atoms with E-state index in [1.165, 1.54) is 5.56 Å². The minimum absolute atomic E-state index is 0.157. The maximum Gasteiger partial charge on any atom is 0.0802 e. The first-order valence-electron chi connectivity index (χ1n) is 7.55. The molecule has 110 valence electrons. The Balaban J connectivity index is 1.80. The quantitative estimate of drug-likeness (QED) is 0.910. The van der Waals surface area contributed by atoms with Gasteiger partial charge >= 0.3 is 0 Å². The zero-order valence-corrected chi connectivity index (χ0v) is 12.4. The van der Waals surface area contributed by atoms with Crippen molar-refractivity contribution in [1.29, 1.82) is 0 Å². The predicted molar refractivity (Wildman–Crippen MR) is 77.8 cm³/mol. The molecular weight excluding hydrogens is 252 g/mol. The fraction of sp³-hybridized carbons (Fsp3) is 0.688. The number of rotatable bonds is 3. The number of aliphatic hydroxyl groups is 1. The van der Waals surface area contributed by atoms with Crippen molar-refractivity contribution in [1.82, 2.24) is 9.88 Å². The van der Waals surface area contributed by atoms with E-state index in [9.17, 15) is 5.11 Å². The summed E-state index contributed by atoms with van der Waals surface area (Å²) in [5.41, 5.74) is 2.16. The largest absolute Gasteiger partial charge is 0.391 e. The van der Waals surface area contributed by atoms with Gasteiger partial charge in [-0.1, -0.05) is 6.07 Å². The Morgan fingerprint density at radius 2 is 2.15 bits per heavy atom. The van der Waals surface area contributed by atoms with E-state index in [0.717, 1.165) is 44.8 Å². The van der Waals surface area contributed by atoms with E-state index in [1.54, 1.807) is 0 Å². The van der Waals surface area contributed by atoms with Gasteiger partial charge in [0.2, 0.25) is 0 Å². The fourth-order valence-electron chi connectivity index (χ4n) is 3.57. The summed E-state index contributed by atoms with van der Waals surface area (Å²) in [6.45, 7) is 7.59. The maximum atomic E-state index is 11.0. The van der Waals surface area contributed by atoms with Gasteiger partial charge < -0.3 is 9.84 Å². The van der Waals surface area contributed by atoms with E-state index in [-0.39, 0.29) is 11.5 Å². The first kappa shape index (κ1) is 14.0. The van der Waals surface area contributed by atoms with Crippen LogP contribution >= 0.6 is 0 Å². The summed E-state index contributed by atoms with van der Waals surface area (Å²) in [5.74, 6) is 0.157. The number of fused-ring (bicyclic) bond motifs is 1. The number of morpholine rings is 1. The molecule has 3 rings (SSSR count). The smallest absolute Gasteiger partial charge is 0.0802 e. The summed E-state index contributed by atoms with van der Waals surface area (Å²) in [6, 6.07) is 4.12. The highest BCUT2D eigenvalue weighted by Gasteiger charge is 2.42. The third-order valence-electron chi connectivity index (χ3n) is 4.93. The number of pyridine rings is 1. The van der Waals surface area contributed by atoms with Crippen molar-refractivity contribution >= 4 is 0 Å². The van der Waals surface area contributed by atoms with Gasteiger partial charge in [-0.25, -0.2) is 0 Å². The van der Waals surface area contributed by atoms with Crippen LogP contribution in [0.3, 0.4) is 0 Å². The second-order valence-corrected chi connectivity index (χ2v) is 6.39. The van der Waals surface area contributed by atoms with Crippen molar-refractivity contribution in [2.75, 3.05) is 26.3 Å². The Bertz CT molecular complexity index is 469. The minimum atomic E-state index is -0.392. The minimum Gasteiger partial charge on any atom is -0.391 e. The molecule has 0 aromatic carbocycles. The molecule has 4 heteroatoms. The van der Waals surface area contributed by atoms with Crippen LogP contribution in [0.25, 0.3) is 0 Å². The van der Waals surface area contributed by atoms with E-state index in [1.807, 2.05) is 12.3 Å². The van der Waals surface area contributed by atoms with Crippen LogP contribution in [0.5, 0.6) is 0 Å². The third kappa shape index (κ3) is 2.36. The predicted octanol–water partition coefficient (Wildman–Crippen LogP) is 1.58. The number of hydrogen-bond donors (Lipinski definition) is 1. The molecule has 0 saturated carbocycles. The highest BCUT2D eigenvalue weighted by molar-refractivity contribution is 5.30. The van der Waals surface area contributed by atoms with E-state index in [2.05, 4.69) is 29.8 Å². The molecule has 2 unspecified atom stereocenters. The van der Waals surface area contributed by atoms with Crippen LogP contribution in [0, 0.1) is 0 Å². The zero-order chi connectivity index (χ0) is 14.2. The summed E-state index contributed by atoms with van der Waals surface area (Å²) in [4.78, 5) is 6.87. The molecule has 1 aliphatic heterocycles. The Morgan fingerprint density at radius 1 is 1.40 bits per heavy atom.